The molecule has 1 saturated carbocycles. The Kier molecular flexibility index (Phi) is 1.96. The average Bonchev–Trinajstić information content (AvgIpc) is 2.96. The minimum Gasteiger partial charge on any atom is -0.349 e. The number of pyridine rings is 1. The van der Waals surface area contributed by atoms with E-state index >= 15 is 0 Å². The molecule has 3 rings (SSSR count). The Morgan fingerprint density at radius 2 is 2.25 bits per heavy atom. The van der Waals surface area contributed by atoms with Crippen LogP contribution in [0.25, 0.3) is 5.65 Å². The fraction of sp³-hybridized carbons (Fsp3) is 0.333. The van der Waals surface area contributed by atoms with Gasteiger partial charge >= 0.3 is 0 Å². The molecule has 0 aromatic carbocycles. The summed E-state index contributed by atoms with van der Waals surface area (Å²) in [6, 6.07) is 4.08. The normalized spacial score (nSPS) is 15.3. The highest BCUT2D eigenvalue weighted by molar-refractivity contribution is 5.94. The summed E-state index contributed by atoms with van der Waals surface area (Å²) < 4.78 is 1.89. The number of rotatable bonds is 2. The van der Waals surface area contributed by atoms with E-state index in [4.69, 9.17) is 0 Å². The molecular formula is C12H13N3O. The van der Waals surface area contributed by atoms with E-state index in [1.165, 1.54) is 0 Å². The van der Waals surface area contributed by atoms with E-state index in [1.54, 1.807) is 0 Å². The Morgan fingerprint density at radius 3 is 3.00 bits per heavy atom. The van der Waals surface area contributed by atoms with Crippen molar-refractivity contribution in [1.82, 2.24) is 14.7 Å². The molecule has 2 heterocycles. The zero-order chi connectivity index (χ0) is 11.1. The number of imidazole rings is 1. The predicted molar refractivity (Wildman–Crippen MR) is 60.4 cm³/mol. The molecule has 0 unspecified atom stereocenters. The maximum absolute atomic E-state index is 11.8. The van der Waals surface area contributed by atoms with E-state index in [0.717, 1.165) is 24.2 Å². The minimum atomic E-state index is 0.00996. The number of aryl methyl sites for hydroxylation is 1. The molecular weight excluding hydrogens is 202 g/mol. The summed E-state index contributed by atoms with van der Waals surface area (Å²) in [5.41, 5.74) is 2.53. The Balaban J connectivity index is 1.93. The van der Waals surface area contributed by atoms with Crippen LogP contribution in [0.1, 0.15) is 28.9 Å². The third-order valence-corrected chi connectivity index (χ3v) is 2.75. The smallest absolute Gasteiger partial charge is 0.252 e. The van der Waals surface area contributed by atoms with Gasteiger partial charge in [-0.2, -0.15) is 0 Å². The summed E-state index contributed by atoms with van der Waals surface area (Å²) in [5.74, 6) is 0.00996. The fourth-order valence-corrected chi connectivity index (χ4v) is 1.75. The molecule has 1 fully saturated rings. The molecule has 82 valence electrons. The molecule has 0 saturated heterocycles. The monoisotopic (exact) mass is 215 g/mol. The largest absolute Gasteiger partial charge is 0.349 e. The highest BCUT2D eigenvalue weighted by atomic mass is 16.1. The molecule has 1 N–H and O–H groups in total. The van der Waals surface area contributed by atoms with Crippen molar-refractivity contribution in [3.63, 3.8) is 0 Å². The summed E-state index contributed by atoms with van der Waals surface area (Å²) in [5, 5.41) is 2.97. The van der Waals surface area contributed by atoms with Gasteiger partial charge in [0.1, 0.15) is 5.65 Å². The van der Waals surface area contributed by atoms with Gasteiger partial charge in [0.25, 0.3) is 5.91 Å². The summed E-state index contributed by atoms with van der Waals surface area (Å²) in [6.07, 6.45) is 5.96. The van der Waals surface area contributed by atoms with Crippen LogP contribution in [0.2, 0.25) is 0 Å². The average molecular weight is 215 g/mol. The Labute approximate surface area is 93.3 Å². The van der Waals surface area contributed by atoms with Crippen molar-refractivity contribution in [2.45, 2.75) is 25.8 Å². The van der Waals surface area contributed by atoms with E-state index < -0.39 is 0 Å². The molecule has 0 atom stereocenters. The first kappa shape index (κ1) is 9.39. The second kappa shape index (κ2) is 3.33. The highest BCUT2D eigenvalue weighted by Crippen LogP contribution is 2.19. The molecule has 1 aliphatic rings. The standard InChI is InChI=1S/C12H13N3O/c1-8-6-15-7-9(2-5-11(15)13-8)12(16)14-10-3-4-10/h2,5-7,10H,3-4H2,1H3,(H,14,16). The van der Waals surface area contributed by atoms with Gasteiger partial charge < -0.3 is 9.72 Å². The number of amides is 1. The van der Waals surface area contributed by atoms with Crippen molar-refractivity contribution in [3.05, 3.63) is 35.8 Å². The number of carbonyl (C=O) groups is 1. The Hall–Kier alpha value is -1.84. The molecule has 2 aromatic heterocycles. The fourth-order valence-electron chi connectivity index (χ4n) is 1.75. The van der Waals surface area contributed by atoms with Gasteiger partial charge in [0.05, 0.1) is 11.3 Å². The number of hydrogen-bond acceptors (Lipinski definition) is 2. The van der Waals surface area contributed by atoms with E-state index in [2.05, 4.69) is 10.3 Å². The van der Waals surface area contributed by atoms with Gasteiger partial charge in [-0.15, -0.1) is 0 Å². The van der Waals surface area contributed by atoms with Gasteiger partial charge in [-0.05, 0) is 31.9 Å². The number of nitrogens with one attached hydrogen (secondary N) is 1. The second-order valence-corrected chi connectivity index (χ2v) is 4.31. The maximum atomic E-state index is 11.8. The predicted octanol–water partition coefficient (Wildman–Crippen LogP) is 1.53. The second-order valence-electron chi connectivity index (χ2n) is 4.31. The molecule has 4 nitrogen and oxygen atoms in total. The topological polar surface area (TPSA) is 46.4 Å². The van der Waals surface area contributed by atoms with Gasteiger partial charge in [0, 0.05) is 18.4 Å². The van der Waals surface area contributed by atoms with Crippen LogP contribution < -0.4 is 5.32 Å². The van der Waals surface area contributed by atoms with Crippen LogP contribution in [-0.2, 0) is 0 Å². The van der Waals surface area contributed by atoms with Gasteiger partial charge in [-0.25, -0.2) is 4.98 Å². The van der Waals surface area contributed by atoms with Crippen molar-refractivity contribution < 1.29 is 4.79 Å². The van der Waals surface area contributed by atoms with Gasteiger partial charge in [-0.3, -0.25) is 4.79 Å². The lowest BCUT2D eigenvalue weighted by atomic mass is 10.2. The minimum absolute atomic E-state index is 0.00996. The van der Waals surface area contributed by atoms with Crippen LogP contribution in [0, 0.1) is 6.92 Å². The number of aromatic nitrogens is 2. The summed E-state index contributed by atoms with van der Waals surface area (Å²) in [6.45, 7) is 1.94. The Bertz CT molecular complexity index is 554. The maximum Gasteiger partial charge on any atom is 0.252 e. The lowest BCUT2D eigenvalue weighted by Crippen LogP contribution is -2.25. The molecule has 16 heavy (non-hydrogen) atoms. The number of carbonyl (C=O) groups excluding carboxylic acids is 1. The van der Waals surface area contributed by atoms with E-state index in [9.17, 15) is 4.79 Å². The number of nitrogens with zero attached hydrogens (tertiary/aromatic N) is 2. The highest BCUT2D eigenvalue weighted by Gasteiger charge is 2.23. The van der Waals surface area contributed by atoms with Crippen molar-refractivity contribution in [2.75, 3.05) is 0 Å². The molecule has 2 aromatic rings. The molecule has 0 bridgehead atoms. The molecule has 0 spiro atoms. The first-order chi connectivity index (χ1) is 7.72. The third kappa shape index (κ3) is 1.66. The summed E-state index contributed by atoms with van der Waals surface area (Å²) in [4.78, 5) is 16.1. The summed E-state index contributed by atoms with van der Waals surface area (Å²) >= 11 is 0. The van der Waals surface area contributed by atoms with Crippen LogP contribution in [0.15, 0.2) is 24.5 Å². The van der Waals surface area contributed by atoms with Crippen LogP contribution in [0.5, 0.6) is 0 Å². The van der Waals surface area contributed by atoms with Crippen molar-refractivity contribution in [2.24, 2.45) is 0 Å². The van der Waals surface area contributed by atoms with Crippen LogP contribution >= 0.6 is 0 Å². The van der Waals surface area contributed by atoms with Gasteiger partial charge in [0.15, 0.2) is 0 Å². The van der Waals surface area contributed by atoms with Gasteiger partial charge in [0.2, 0.25) is 0 Å². The van der Waals surface area contributed by atoms with Crippen molar-refractivity contribution in [1.29, 1.82) is 0 Å². The lowest BCUT2D eigenvalue weighted by molar-refractivity contribution is 0.0950. The summed E-state index contributed by atoms with van der Waals surface area (Å²) in [7, 11) is 0. The molecule has 0 radical (unpaired) electrons. The van der Waals surface area contributed by atoms with E-state index in [1.807, 2.05) is 35.9 Å². The molecule has 4 heteroatoms. The molecule has 1 aliphatic carbocycles. The zero-order valence-electron chi connectivity index (χ0n) is 9.10. The van der Waals surface area contributed by atoms with Crippen LogP contribution in [-0.4, -0.2) is 21.3 Å². The number of hydrogen-bond donors (Lipinski definition) is 1. The van der Waals surface area contributed by atoms with Gasteiger partial charge in [-0.1, -0.05) is 0 Å². The lowest BCUT2D eigenvalue weighted by Gasteiger charge is -2.03. The zero-order valence-corrected chi connectivity index (χ0v) is 9.10. The van der Waals surface area contributed by atoms with Crippen LogP contribution in [0.3, 0.4) is 0 Å². The van der Waals surface area contributed by atoms with Crippen LogP contribution in [0.4, 0.5) is 0 Å². The number of fused-ring (bicyclic) bond motifs is 1. The van der Waals surface area contributed by atoms with Crippen molar-refractivity contribution in [3.8, 4) is 0 Å². The Morgan fingerprint density at radius 1 is 1.44 bits per heavy atom. The SMILES string of the molecule is Cc1cn2cc(C(=O)NC3CC3)ccc2n1. The first-order valence-electron chi connectivity index (χ1n) is 5.48. The molecule has 0 aliphatic heterocycles. The first-order valence-corrected chi connectivity index (χ1v) is 5.48. The van der Waals surface area contributed by atoms with E-state index in [-0.39, 0.29) is 5.91 Å². The quantitative estimate of drug-likeness (QED) is 0.825. The van der Waals surface area contributed by atoms with E-state index in [0.29, 0.717) is 11.6 Å². The molecule has 1 amide bonds. The third-order valence-electron chi connectivity index (χ3n) is 2.75. The van der Waals surface area contributed by atoms with Crippen molar-refractivity contribution >= 4 is 11.6 Å².